The molecule has 0 spiro atoms. The molecule has 0 unspecified atom stereocenters. The van der Waals surface area contributed by atoms with E-state index in [0.29, 0.717) is 17.1 Å². The lowest BCUT2D eigenvalue weighted by atomic mass is 10.1. The number of nitrogens with zero attached hydrogens (tertiary/aromatic N) is 2. The number of nitrogens with one attached hydrogen (secondary N) is 1. The number of aromatic nitrogens is 2. The van der Waals surface area contributed by atoms with Crippen molar-refractivity contribution in [1.82, 2.24) is 9.78 Å². The first-order chi connectivity index (χ1) is 8.22. The van der Waals surface area contributed by atoms with E-state index in [2.05, 4.69) is 26.3 Å². The zero-order valence-electron chi connectivity index (χ0n) is 9.78. The number of hydrogen-bond acceptors (Lipinski definition) is 4. The average molecular weight is 318 g/mol. The highest BCUT2D eigenvalue weighted by Crippen LogP contribution is 2.23. The lowest BCUT2D eigenvalue weighted by molar-refractivity contribution is 0.608. The average Bonchev–Trinajstić information content (AvgIpc) is 2.37. The Balaban J connectivity index is 2.15. The molecule has 0 aliphatic carbocycles. The summed E-state index contributed by atoms with van der Waals surface area (Å²) < 4.78 is 2.04. The molecule has 1 aliphatic heterocycles. The number of anilines is 1. The molecule has 1 fully saturated rings. The van der Waals surface area contributed by atoms with E-state index in [1.165, 1.54) is 16.2 Å². The van der Waals surface area contributed by atoms with Gasteiger partial charge in [0, 0.05) is 12.6 Å². The number of hydrogen-bond donors (Lipinski definition) is 1. The summed E-state index contributed by atoms with van der Waals surface area (Å²) in [5, 5.41) is 7.53. The lowest BCUT2D eigenvalue weighted by Gasteiger charge is -2.23. The molecule has 1 aromatic rings. The Morgan fingerprint density at radius 3 is 2.94 bits per heavy atom. The molecular weight excluding hydrogens is 302 g/mol. The molecule has 2 rings (SSSR count). The second-order valence-electron chi connectivity index (χ2n) is 4.02. The monoisotopic (exact) mass is 317 g/mol. The quantitative estimate of drug-likeness (QED) is 0.929. The van der Waals surface area contributed by atoms with Crippen molar-refractivity contribution in [3.8, 4) is 0 Å². The van der Waals surface area contributed by atoms with E-state index in [4.69, 9.17) is 0 Å². The van der Waals surface area contributed by atoms with Gasteiger partial charge in [-0.15, -0.1) is 0 Å². The van der Waals surface area contributed by atoms with E-state index in [1.807, 2.05) is 18.7 Å². The van der Waals surface area contributed by atoms with Gasteiger partial charge < -0.3 is 5.32 Å². The molecule has 0 amide bonds. The third kappa shape index (κ3) is 3.04. The number of rotatable bonds is 3. The van der Waals surface area contributed by atoms with E-state index >= 15 is 0 Å². The summed E-state index contributed by atoms with van der Waals surface area (Å²) in [5.74, 6) is 2.38. The Kier molecular flexibility index (Phi) is 4.50. The van der Waals surface area contributed by atoms with Crippen LogP contribution >= 0.6 is 27.7 Å². The van der Waals surface area contributed by atoms with E-state index in [1.54, 1.807) is 6.20 Å². The number of thioether (sulfide) groups is 1. The van der Waals surface area contributed by atoms with Crippen LogP contribution in [0, 0.1) is 0 Å². The van der Waals surface area contributed by atoms with Gasteiger partial charge >= 0.3 is 0 Å². The maximum Gasteiger partial charge on any atom is 0.283 e. The summed E-state index contributed by atoms with van der Waals surface area (Å²) in [6.07, 6.45) is 4.03. The first-order valence-corrected chi connectivity index (χ1v) is 7.77. The van der Waals surface area contributed by atoms with Crippen molar-refractivity contribution in [1.29, 1.82) is 0 Å². The van der Waals surface area contributed by atoms with Crippen LogP contribution in [-0.4, -0.2) is 27.3 Å². The molecule has 1 N–H and O–H groups in total. The molecular formula is C11H16BrN3OS. The Bertz CT molecular complexity index is 443. The third-order valence-corrected chi connectivity index (χ3v) is 4.68. The van der Waals surface area contributed by atoms with Gasteiger partial charge in [-0.3, -0.25) is 4.79 Å². The highest BCUT2D eigenvalue weighted by molar-refractivity contribution is 9.10. The Hall–Kier alpha value is -0.490. The number of aryl methyl sites for hydroxylation is 1. The topological polar surface area (TPSA) is 46.9 Å². The van der Waals surface area contributed by atoms with Crippen LogP contribution in [0.2, 0.25) is 0 Å². The van der Waals surface area contributed by atoms with Gasteiger partial charge in [0.15, 0.2) is 0 Å². The van der Waals surface area contributed by atoms with Gasteiger partial charge in [0.25, 0.3) is 5.56 Å². The van der Waals surface area contributed by atoms with E-state index in [9.17, 15) is 4.79 Å². The molecule has 0 aromatic carbocycles. The summed E-state index contributed by atoms with van der Waals surface area (Å²) in [5.41, 5.74) is 0.749. The molecule has 0 bridgehead atoms. The van der Waals surface area contributed by atoms with Gasteiger partial charge in [0.05, 0.1) is 11.9 Å². The molecule has 4 nitrogen and oxygen atoms in total. The van der Waals surface area contributed by atoms with Crippen LogP contribution in [0.5, 0.6) is 0 Å². The molecule has 0 radical (unpaired) electrons. The largest absolute Gasteiger partial charge is 0.380 e. The standard InChI is InChI=1S/C11H16BrN3OS/c1-2-15-11(16)10(12)9(7-13-15)14-8-3-5-17-6-4-8/h7-8,14H,2-6H2,1H3. The van der Waals surface area contributed by atoms with Gasteiger partial charge in [0.1, 0.15) is 4.47 Å². The molecule has 0 atom stereocenters. The summed E-state index contributed by atoms with van der Waals surface area (Å²) in [4.78, 5) is 11.9. The smallest absolute Gasteiger partial charge is 0.283 e. The summed E-state index contributed by atoms with van der Waals surface area (Å²) in [7, 11) is 0. The molecule has 2 heterocycles. The van der Waals surface area contributed by atoms with Gasteiger partial charge in [-0.1, -0.05) is 0 Å². The Morgan fingerprint density at radius 2 is 2.29 bits per heavy atom. The van der Waals surface area contributed by atoms with Crippen LogP contribution in [-0.2, 0) is 6.54 Å². The molecule has 6 heteroatoms. The Morgan fingerprint density at radius 1 is 1.59 bits per heavy atom. The zero-order valence-corrected chi connectivity index (χ0v) is 12.2. The lowest BCUT2D eigenvalue weighted by Crippen LogP contribution is -2.28. The van der Waals surface area contributed by atoms with Crippen LogP contribution < -0.4 is 10.9 Å². The predicted octanol–water partition coefficient (Wildman–Crippen LogP) is 2.33. The second kappa shape index (κ2) is 5.91. The van der Waals surface area contributed by atoms with Crippen molar-refractivity contribution in [2.75, 3.05) is 16.8 Å². The highest BCUT2D eigenvalue weighted by atomic mass is 79.9. The minimum absolute atomic E-state index is 0.0670. The molecule has 17 heavy (non-hydrogen) atoms. The summed E-state index contributed by atoms with van der Waals surface area (Å²) >= 11 is 5.35. The van der Waals surface area contributed by atoms with Gasteiger partial charge in [-0.2, -0.15) is 16.9 Å². The SMILES string of the molecule is CCn1ncc(NC2CCSCC2)c(Br)c1=O. The van der Waals surface area contributed by atoms with Gasteiger partial charge in [-0.25, -0.2) is 4.68 Å². The predicted molar refractivity (Wildman–Crippen MR) is 75.8 cm³/mol. The van der Waals surface area contributed by atoms with Gasteiger partial charge in [-0.05, 0) is 47.2 Å². The minimum atomic E-state index is -0.0670. The molecule has 94 valence electrons. The second-order valence-corrected chi connectivity index (χ2v) is 6.04. The number of halogens is 1. The fourth-order valence-electron chi connectivity index (χ4n) is 1.85. The van der Waals surface area contributed by atoms with Crippen molar-refractivity contribution in [2.24, 2.45) is 0 Å². The zero-order chi connectivity index (χ0) is 12.3. The maximum atomic E-state index is 11.9. The van der Waals surface area contributed by atoms with Gasteiger partial charge in [0.2, 0.25) is 0 Å². The molecule has 1 saturated heterocycles. The van der Waals surface area contributed by atoms with Crippen LogP contribution in [0.1, 0.15) is 19.8 Å². The Labute approximate surface area is 113 Å². The van der Waals surface area contributed by atoms with E-state index in [-0.39, 0.29) is 5.56 Å². The van der Waals surface area contributed by atoms with Crippen LogP contribution in [0.25, 0.3) is 0 Å². The minimum Gasteiger partial charge on any atom is -0.380 e. The van der Waals surface area contributed by atoms with E-state index in [0.717, 1.165) is 18.5 Å². The van der Waals surface area contributed by atoms with Crippen molar-refractivity contribution in [2.45, 2.75) is 32.4 Å². The van der Waals surface area contributed by atoms with Crippen molar-refractivity contribution in [3.05, 3.63) is 21.0 Å². The fraction of sp³-hybridized carbons (Fsp3) is 0.636. The first-order valence-electron chi connectivity index (χ1n) is 5.82. The molecule has 1 aromatic heterocycles. The molecule has 0 saturated carbocycles. The first kappa shape index (κ1) is 13.0. The van der Waals surface area contributed by atoms with Crippen molar-refractivity contribution < 1.29 is 0 Å². The normalized spacial score (nSPS) is 17.1. The highest BCUT2D eigenvalue weighted by Gasteiger charge is 2.16. The maximum absolute atomic E-state index is 11.9. The van der Waals surface area contributed by atoms with Crippen LogP contribution in [0.15, 0.2) is 15.5 Å². The van der Waals surface area contributed by atoms with Crippen molar-refractivity contribution >= 4 is 33.4 Å². The summed E-state index contributed by atoms with van der Waals surface area (Å²) in [6.45, 7) is 2.50. The third-order valence-electron chi connectivity index (χ3n) is 2.87. The van der Waals surface area contributed by atoms with Crippen molar-refractivity contribution in [3.63, 3.8) is 0 Å². The van der Waals surface area contributed by atoms with Crippen LogP contribution in [0.4, 0.5) is 5.69 Å². The van der Waals surface area contributed by atoms with Crippen LogP contribution in [0.3, 0.4) is 0 Å². The van der Waals surface area contributed by atoms with E-state index < -0.39 is 0 Å². The summed E-state index contributed by atoms with van der Waals surface area (Å²) in [6, 6.07) is 0.464. The molecule has 1 aliphatic rings. The fourth-order valence-corrected chi connectivity index (χ4v) is 3.38.